The van der Waals surface area contributed by atoms with E-state index in [9.17, 15) is 4.79 Å². The molecule has 0 unspecified atom stereocenters. The molecule has 1 saturated heterocycles. The molecule has 1 fully saturated rings. The molecule has 19 heavy (non-hydrogen) atoms. The molecule has 1 aromatic heterocycles. The molecule has 2 heterocycles. The largest absolute Gasteiger partial charge is 0.397 e. The Kier molecular flexibility index (Phi) is 3.37. The van der Waals surface area contributed by atoms with Crippen LogP contribution < -0.4 is 11.2 Å². The Bertz CT molecular complexity index is 605. The Hall–Kier alpha value is -1.63. The maximum absolute atomic E-state index is 12.2. The van der Waals surface area contributed by atoms with Crippen molar-refractivity contribution in [3.05, 3.63) is 29.1 Å². The summed E-state index contributed by atoms with van der Waals surface area (Å²) < 4.78 is 6.28. The number of thiophene rings is 1. The summed E-state index contributed by atoms with van der Waals surface area (Å²) in [6.45, 7) is 2.69. The Balaban J connectivity index is 1.83. The van der Waals surface area contributed by atoms with Crippen LogP contribution in [-0.2, 0) is 4.74 Å². The molecular weight excluding hydrogens is 262 g/mol. The molecule has 0 spiro atoms. The molecule has 3 N–H and O–H groups in total. The van der Waals surface area contributed by atoms with Crippen LogP contribution in [0.25, 0.3) is 10.1 Å². The number of amides is 1. The summed E-state index contributed by atoms with van der Waals surface area (Å²) in [5.74, 6) is -0.138. The lowest BCUT2D eigenvalue weighted by molar-refractivity contribution is 0.0128. The number of rotatable bonds is 2. The van der Waals surface area contributed by atoms with E-state index in [0.29, 0.717) is 36.9 Å². The Morgan fingerprint density at radius 3 is 2.79 bits per heavy atom. The molecule has 0 atom stereocenters. The van der Waals surface area contributed by atoms with E-state index in [0.717, 1.165) is 10.1 Å². The third-order valence-electron chi connectivity index (χ3n) is 3.11. The number of hydrogen-bond acceptors (Lipinski definition) is 5. The number of hydrazine groups is 1. The fourth-order valence-corrected chi connectivity index (χ4v) is 3.12. The second-order valence-corrected chi connectivity index (χ2v) is 5.43. The molecule has 1 aromatic carbocycles. The average Bonchev–Trinajstić information content (AvgIpc) is 2.78. The van der Waals surface area contributed by atoms with Gasteiger partial charge in [0.25, 0.3) is 5.91 Å². The molecule has 0 bridgehead atoms. The summed E-state index contributed by atoms with van der Waals surface area (Å²) in [4.78, 5) is 12.8. The van der Waals surface area contributed by atoms with Crippen LogP contribution in [-0.4, -0.2) is 37.2 Å². The Labute approximate surface area is 114 Å². The van der Waals surface area contributed by atoms with Gasteiger partial charge >= 0.3 is 0 Å². The second-order valence-electron chi connectivity index (χ2n) is 4.38. The van der Waals surface area contributed by atoms with Gasteiger partial charge in [0.15, 0.2) is 0 Å². The van der Waals surface area contributed by atoms with E-state index in [1.165, 1.54) is 11.3 Å². The van der Waals surface area contributed by atoms with Crippen molar-refractivity contribution >= 4 is 33.0 Å². The first kappa shape index (κ1) is 12.4. The highest BCUT2D eigenvalue weighted by atomic mass is 32.1. The van der Waals surface area contributed by atoms with Crippen LogP contribution in [0.4, 0.5) is 5.69 Å². The fraction of sp³-hybridized carbons (Fsp3) is 0.308. The van der Waals surface area contributed by atoms with E-state index in [2.05, 4.69) is 5.43 Å². The zero-order chi connectivity index (χ0) is 13.2. The normalized spacial score (nSPS) is 16.6. The van der Waals surface area contributed by atoms with Crippen LogP contribution in [0.5, 0.6) is 0 Å². The smallest absolute Gasteiger partial charge is 0.277 e. The van der Waals surface area contributed by atoms with Gasteiger partial charge in [0, 0.05) is 23.2 Å². The monoisotopic (exact) mass is 277 g/mol. The number of nitrogens with two attached hydrogens (primary N) is 1. The third-order valence-corrected chi connectivity index (χ3v) is 4.30. The molecule has 5 nitrogen and oxygen atoms in total. The Morgan fingerprint density at radius 1 is 1.32 bits per heavy atom. The highest BCUT2D eigenvalue weighted by Gasteiger charge is 2.19. The maximum atomic E-state index is 12.2. The van der Waals surface area contributed by atoms with Gasteiger partial charge in [0.2, 0.25) is 0 Å². The fourth-order valence-electron chi connectivity index (χ4n) is 2.10. The van der Waals surface area contributed by atoms with Crippen LogP contribution in [0.3, 0.4) is 0 Å². The van der Waals surface area contributed by atoms with Crippen LogP contribution in [0.2, 0.25) is 0 Å². The van der Waals surface area contributed by atoms with Gasteiger partial charge in [-0.3, -0.25) is 10.2 Å². The topological polar surface area (TPSA) is 67.6 Å². The maximum Gasteiger partial charge on any atom is 0.277 e. The van der Waals surface area contributed by atoms with Crippen molar-refractivity contribution in [1.29, 1.82) is 0 Å². The number of carbonyl (C=O) groups excluding carboxylic acids is 1. The van der Waals surface area contributed by atoms with Crippen LogP contribution >= 0.6 is 11.3 Å². The minimum absolute atomic E-state index is 0.138. The number of morpholine rings is 1. The SMILES string of the molecule is Nc1c(C(=O)NN2CCOCC2)sc2ccccc12. The Morgan fingerprint density at radius 2 is 2.05 bits per heavy atom. The van der Waals surface area contributed by atoms with Crippen molar-refractivity contribution in [2.75, 3.05) is 32.0 Å². The summed E-state index contributed by atoms with van der Waals surface area (Å²) in [6, 6.07) is 7.78. The molecule has 100 valence electrons. The number of benzene rings is 1. The van der Waals surface area contributed by atoms with Crippen molar-refractivity contribution in [1.82, 2.24) is 10.4 Å². The lowest BCUT2D eigenvalue weighted by Gasteiger charge is -2.26. The average molecular weight is 277 g/mol. The molecule has 6 heteroatoms. The van der Waals surface area contributed by atoms with Crippen LogP contribution in [0.15, 0.2) is 24.3 Å². The van der Waals surface area contributed by atoms with Crippen molar-refractivity contribution < 1.29 is 9.53 Å². The molecule has 0 radical (unpaired) electrons. The van der Waals surface area contributed by atoms with Gasteiger partial charge in [0.05, 0.1) is 18.9 Å². The lowest BCUT2D eigenvalue weighted by Crippen LogP contribution is -2.48. The number of hydrogen-bond donors (Lipinski definition) is 2. The quantitative estimate of drug-likeness (QED) is 0.872. The zero-order valence-corrected chi connectivity index (χ0v) is 11.2. The van der Waals surface area contributed by atoms with E-state index in [1.54, 1.807) is 0 Å². The van der Waals surface area contributed by atoms with Crippen LogP contribution in [0.1, 0.15) is 9.67 Å². The summed E-state index contributed by atoms with van der Waals surface area (Å²) in [5.41, 5.74) is 9.49. The molecule has 2 aromatic rings. The van der Waals surface area contributed by atoms with Gasteiger partial charge in [-0.05, 0) is 6.07 Å². The van der Waals surface area contributed by atoms with E-state index in [-0.39, 0.29) is 5.91 Å². The molecule has 1 aliphatic heterocycles. The number of fused-ring (bicyclic) bond motifs is 1. The first-order valence-corrected chi connectivity index (χ1v) is 6.98. The molecule has 0 saturated carbocycles. The summed E-state index contributed by atoms with van der Waals surface area (Å²) in [7, 11) is 0. The van der Waals surface area contributed by atoms with Gasteiger partial charge in [-0.2, -0.15) is 0 Å². The number of nitrogens with one attached hydrogen (secondary N) is 1. The van der Waals surface area contributed by atoms with Gasteiger partial charge in [0.1, 0.15) is 4.88 Å². The standard InChI is InChI=1S/C13H15N3O2S/c14-11-9-3-1-2-4-10(9)19-12(11)13(17)15-16-5-7-18-8-6-16/h1-4H,5-8,14H2,(H,15,17). The van der Waals surface area contributed by atoms with Crippen molar-refractivity contribution in [3.8, 4) is 0 Å². The van der Waals surface area contributed by atoms with E-state index < -0.39 is 0 Å². The first-order chi connectivity index (χ1) is 9.25. The highest BCUT2D eigenvalue weighted by molar-refractivity contribution is 7.21. The third kappa shape index (κ3) is 2.42. The first-order valence-electron chi connectivity index (χ1n) is 6.16. The van der Waals surface area contributed by atoms with Gasteiger partial charge in [-0.15, -0.1) is 11.3 Å². The molecule has 3 rings (SSSR count). The highest BCUT2D eigenvalue weighted by Crippen LogP contribution is 2.33. The van der Waals surface area contributed by atoms with E-state index in [1.807, 2.05) is 29.3 Å². The second kappa shape index (κ2) is 5.16. The van der Waals surface area contributed by atoms with E-state index >= 15 is 0 Å². The summed E-state index contributed by atoms with van der Waals surface area (Å²) in [6.07, 6.45) is 0. The zero-order valence-electron chi connectivity index (χ0n) is 10.4. The summed E-state index contributed by atoms with van der Waals surface area (Å²) in [5, 5.41) is 2.81. The molecular formula is C13H15N3O2S. The summed E-state index contributed by atoms with van der Waals surface area (Å²) >= 11 is 1.43. The van der Waals surface area contributed by atoms with Gasteiger partial charge in [-0.25, -0.2) is 5.01 Å². The van der Waals surface area contributed by atoms with Gasteiger partial charge in [-0.1, -0.05) is 18.2 Å². The predicted molar refractivity (Wildman–Crippen MR) is 76.1 cm³/mol. The van der Waals surface area contributed by atoms with Crippen LogP contribution in [0, 0.1) is 0 Å². The van der Waals surface area contributed by atoms with Crippen molar-refractivity contribution in [3.63, 3.8) is 0 Å². The molecule has 1 amide bonds. The predicted octanol–water partition coefficient (Wildman–Crippen LogP) is 1.46. The number of nitrogens with zero attached hydrogens (tertiary/aromatic N) is 1. The van der Waals surface area contributed by atoms with E-state index in [4.69, 9.17) is 10.5 Å². The minimum Gasteiger partial charge on any atom is -0.397 e. The number of anilines is 1. The van der Waals surface area contributed by atoms with Crippen molar-refractivity contribution in [2.45, 2.75) is 0 Å². The van der Waals surface area contributed by atoms with Crippen molar-refractivity contribution in [2.24, 2.45) is 0 Å². The molecule has 0 aliphatic carbocycles. The number of ether oxygens (including phenoxy) is 1. The number of carbonyl (C=O) groups is 1. The minimum atomic E-state index is -0.138. The van der Waals surface area contributed by atoms with Gasteiger partial charge < -0.3 is 10.5 Å². The number of nitrogen functional groups attached to an aromatic ring is 1. The lowest BCUT2D eigenvalue weighted by atomic mass is 10.2. The molecule has 1 aliphatic rings.